The van der Waals surface area contributed by atoms with Crippen LogP contribution in [-0.2, 0) is 0 Å². The Morgan fingerprint density at radius 3 is 2.62 bits per heavy atom. The number of pyridine rings is 1. The molecule has 3 rings (SSSR count). The van der Waals surface area contributed by atoms with Crippen molar-refractivity contribution in [1.29, 1.82) is 0 Å². The molecular formula is C15H12N4O2. The molecule has 0 unspecified atom stereocenters. The second-order valence-corrected chi connectivity index (χ2v) is 4.46. The van der Waals surface area contributed by atoms with E-state index < -0.39 is 11.8 Å². The Morgan fingerprint density at radius 1 is 1.10 bits per heavy atom. The van der Waals surface area contributed by atoms with Gasteiger partial charge in [0.15, 0.2) is 0 Å². The summed E-state index contributed by atoms with van der Waals surface area (Å²) < 4.78 is 1.74. The van der Waals surface area contributed by atoms with E-state index in [-0.39, 0.29) is 11.3 Å². The summed E-state index contributed by atoms with van der Waals surface area (Å²) in [6.07, 6.45) is 3.42. The van der Waals surface area contributed by atoms with Gasteiger partial charge < -0.3 is 15.5 Å². The van der Waals surface area contributed by atoms with Gasteiger partial charge in [-0.05, 0) is 24.3 Å². The van der Waals surface area contributed by atoms with E-state index in [1.165, 1.54) is 0 Å². The first-order valence-corrected chi connectivity index (χ1v) is 6.29. The number of hydrogen-bond donors (Lipinski definition) is 2. The number of amides is 2. The number of fused-ring (bicyclic) bond motifs is 1. The number of carbonyl (C=O) groups excluding carboxylic acids is 2. The van der Waals surface area contributed by atoms with Gasteiger partial charge in [0.1, 0.15) is 11.3 Å². The van der Waals surface area contributed by atoms with Crippen molar-refractivity contribution < 1.29 is 9.59 Å². The standard InChI is InChI=1S/C15H12N4O2/c16-14(20)10-5-1-2-6-11(10)18-15(21)12-9-19-8-4-3-7-13(19)17-12/h1-9H,(H2,16,20)(H,18,21). The van der Waals surface area contributed by atoms with Gasteiger partial charge >= 0.3 is 0 Å². The summed E-state index contributed by atoms with van der Waals surface area (Å²) in [5.74, 6) is -0.992. The third kappa shape index (κ3) is 2.46. The second-order valence-electron chi connectivity index (χ2n) is 4.46. The van der Waals surface area contributed by atoms with E-state index in [1.807, 2.05) is 12.1 Å². The highest BCUT2D eigenvalue weighted by atomic mass is 16.2. The molecule has 0 bridgehead atoms. The van der Waals surface area contributed by atoms with Crippen LogP contribution < -0.4 is 11.1 Å². The lowest BCUT2D eigenvalue weighted by Gasteiger charge is -2.06. The SMILES string of the molecule is NC(=O)c1ccccc1NC(=O)c1cn2ccccc2n1. The second kappa shape index (κ2) is 5.09. The van der Waals surface area contributed by atoms with E-state index in [4.69, 9.17) is 5.73 Å². The molecule has 0 saturated carbocycles. The zero-order chi connectivity index (χ0) is 14.8. The molecular weight excluding hydrogens is 268 g/mol. The smallest absolute Gasteiger partial charge is 0.275 e. The molecule has 104 valence electrons. The maximum absolute atomic E-state index is 12.2. The van der Waals surface area contributed by atoms with E-state index in [9.17, 15) is 9.59 Å². The van der Waals surface area contributed by atoms with Crippen LogP contribution in [0.15, 0.2) is 54.9 Å². The lowest BCUT2D eigenvalue weighted by Crippen LogP contribution is -2.18. The quantitative estimate of drug-likeness (QED) is 0.765. The van der Waals surface area contributed by atoms with Crippen LogP contribution in [0.3, 0.4) is 0 Å². The van der Waals surface area contributed by atoms with E-state index in [2.05, 4.69) is 10.3 Å². The molecule has 0 saturated heterocycles. The Labute approximate surface area is 120 Å². The number of primary amides is 1. The van der Waals surface area contributed by atoms with Crippen LogP contribution in [0.2, 0.25) is 0 Å². The maximum Gasteiger partial charge on any atom is 0.275 e. The lowest BCUT2D eigenvalue weighted by atomic mass is 10.1. The minimum Gasteiger partial charge on any atom is -0.366 e. The molecule has 3 aromatic rings. The van der Waals surface area contributed by atoms with Gasteiger partial charge in [0.2, 0.25) is 0 Å². The highest BCUT2D eigenvalue weighted by molar-refractivity contribution is 6.08. The van der Waals surface area contributed by atoms with Gasteiger partial charge in [0, 0.05) is 12.4 Å². The minimum absolute atomic E-state index is 0.259. The molecule has 2 amide bonds. The van der Waals surface area contributed by atoms with Crippen molar-refractivity contribution in [2.45, 2.75) is 0 Å². The summed E-state index contributed by atoms with van der Waals surface area (Å²) in [5, 5.41) is 2.65. The van der Waals surface area contributed by atoms with Crippen molar-refractivity contribution in [2.24, 2.45) is 5.73 Å². The summed E-state index contributed by atoms with van der Waals surface area (Å²) >= 11 is 0. The summed E-state index contributed by atoms with van der Waals surface area (Å²) in [6, 6.07) is 12.1. The van der Waals surface area contributed by atoms with Crippen molar-refractivity contribution in [3.8, 4) is 0 Å². The van der Waals surface area contributed by atoms with Crippen LogP contribution in [0.4, 0.5) is 5.69 Å². The van der Waals surface area contributed by atoms with Gasteiger partial charge in [-0.3, -0.25) is 9.59 Å². The molecule has 0 aliphatic rings. The highest BCUT2D eigenvalue weighted by Crippen LogP contribution is 2.15. The molecule has 0 aliphatic carbocycles. The van der Waals surface area contributed by atoms with Gasteiger partial charge in [-0.25, -0.2) is 4.98 Å². The molecule has 6 heteroatoms. The fourth-order valence-electron chi connectivity index (χ4n) is 2.04. The lowest BCUT2D eigenvalue weighted by molar-refractivity contribution is 0.100. The topological polar surface area (TPSA) is 89.5 Å². The first-order valence-electron chi connectivity index (χ1n) is 6.29. The van der Waals surface area contributed by atoms with Crippen LogP contribution in [0, 0.1) is 0 Å². The first kappa shape index (κ1) is 12.9. The summed E-state index contributed by atoms with van der Waals surface area (Å²) in [6.45, 7) is 0. The molecule has 0 atom stereocenters. The van der Waals surface area contributed by atoms with E-state index in [0.717, 1.165) is 0 Å². The van der Waals surface area contributed by atoms with Gasteiger partial charge in [-0.2, -0.15) is 0 Å². The number of hydrogen-bond acceptors (Lipinski definition) is 3. The number of benzene rings is 1. The average Bonchev–Trinajstić information content (AvgIpc) is 2.91. The number of carbonyl (C=O) groups is 2. The van der Waals surface area contributed by atoms with Crippen LogP contribution in [-0.4, -0.2) is 21.2 Å². The van der Waals surface area contributed by atoms with Crippen molar-refractivity contribution in [2.75, 3.05) is 5.32 Å². The average molecular weight is 280 g/mol. The summed E-state index contributed by atoms with van der Waals surface area (Å²) in [5.41, 5.74) is 6.84. The van der Waals surface area contributed by atoms with Gasteiger partial charge in [0.05, 0.1) is 11.3 Å². The van der Waals surface area contributed by atoms with Gasteiger partial charge in [-0.15, -0.1) is 0 Å². The fraction of sp³-hybridized carbons (Fsp3) is 0. The third-order valence-corrected chi connectivity index (χ3v) is 3.04. The molecule has 6 nitrogen and oxygen atoms in total. The number of para-hydroxylation sites is 1. The summed E-state index contributed by atoms with van der Waals surface area (Å²) in [4.78, 5) is 27.8. The molecule has 0 fully saturated rings. The highest BCUT2D eigenvalue weighted by Gasteiger charge is 2.14. The molecule has 3 N–H and O–H groups in total. The fourth-order valence-corrected chi connectivity index (χ4v) is 2.04. The van der Waals surface area contributed by atoms with Crippen LogP contribution in [0.5, 0.6) is 0 Å². The van der Waals surface area contributed by atoms with Crippen molar-refractivity contribution in [3.63, 3.8) is 0 Å². The third-order valence-electron chi connectivity index (χ3n) is 3.04. The molecule has 0 aliphatic heterocycles. The molecule has 1 aromatic carbocycles. The molecule has 0 spiro atoms. The Bertz CT molecular complexity index is 805. The number of anilines is 1. The zero-order valence-corrected chi connectivity index (χ0v) is 11.0. The molecule has 2 heterocycles. The van der Waals surface area contributed by atoms with Crippen molar-refractivity contribution in [1.82, 2.24) is 9.38 Å². The number of imidazole rings is 1. The predicted molar refractivity (Wildman–Crippen MR) is 78.1 cm³/mol. The Balaban J connectivity index is 1.91. The van der Waals surface area contributed by atoms with E-state index in [1.54, 1.807) is 47.1 Å². The number of aromatic nitrogens is 2. The van der Waals surface area contributed by atoms with Crippen LogP contribution >= 0.6 is 0 Å². The maximum atomic E-state index is 12.2. The summed E-state index contributed by atoms with van der Waals surface area (Å²) in [7, 11) is 0. The van der Waals surface area contributed by atoms with Crippen LogP contribution in [0.1, 0.15) is 20.8 Å². The normalized spacial score (nSPS) is 10.5. The number of nitrogens with one attached hydrogen (secondary N) is 1. The Hall–Kier alpha value is -3.15. The minimum atomic E-state index is -0.596. The number of nitrogens with zero attached hydrogens (tertiary/aromatic N) is 2. The van der Waals surface area contributed by atoms with E-state index >= 15 is 0 Å². The number of nitrogens with two attached hydrogens (primary N) is 1. The van der Waals surface area contributed by atoms with Crippen LogP contribution in [0.25, 0.3) is 5.65 Å². The van der Waals surface area contributed by atoms with Crippen molar-refractivity contribution in [3.05, 3.63) is 66.1 Å². The largest absolute Gasteiger partial charge is 0.366 e. The van der Waals surface area contributed by atoms with Gasteiger partial charge in [-0.1, -0.05) is 18.2 Å². The molecule has 21 heavy (non-hydrogen) atoms. The Kier molecular flexibility index (Phi) is 3.12. The zero-order valence-electron chi connectivity index (χ0n) is 11.0. The molecule has 0 radical (unpaired) electrons. The first-order chi connectivity index (χ1) is 10.1. The Morgan fingerprint density at radius 2 is 1.86 bits per heavy atom. The monoisotopic (exact) mass is 280 g/mol. The van der Waals surface area contributed by atoms with E-state index in [0.29, 0.717) is 11.3 Å². The van der Waals surface area contributed by atoms with Crippen molar-refractivity contribution >= 4 is 23.1 Å². The predicted octanol–water partition coefficient (Wildman–Crippen LogP) is 1.69. The van der Waals surface area contributed by atoms with Gasteiger partial charge in [0.25, 0.3) is 11.8 Å². The number of rotatable bonds is 3. The molecule has 2 aromatic heterocycles.